The lowest BCUT2D eigenvalue weighted by molar-refractivity contribution is 0.0170. The Morgan fingerprint density at radius 1 is 1.31 bits per heavy atom. The minimum absolute atomic E-state index is 0.322. The molecule has 4 heteroatoms. The summed E-state index contributed by atoms with van der Waals surface area (Å²) >= 11 is 3.47. The van der Waals surface area contributed by atoms with Crippen LogP contribution < -0.4 is 5.32 Å². The Hall–Kier alpha value is -1.03. The third kappa shape index (κ3) is 1.44. The number of carbonyl (C=O) groups excluding carboxylic acids is 1. The molecule has 1 N–H and O–H groups in total. The molecule has 0 bridgehead atoms. The first-order valence-electron chi connectivity index (χ1n) is 5.50. The molecule has 0 radical (unpaired) electrons. The third-order valence-corrected chi connectivity index (χ3v) is 3.90. The number of ether oxygens (including phenoxy) is 1. The second kappa shape index (κ2) is 3.48. The Balaban J connectivity index is 2.16. The highest BCUT2D eigenvalue weighted by atomic mass is 79.9. The quantitative estimate of drug-likeness (QED) is 0.786. The number of anilines is 1. The van der Waals surface area contributed by atoms with Crippen molar-refractivity contribution in [2.45, 2.75) is 31.3 Å². The lowest BCUT2D eigenvalue weighted by Gasteiger charge is -2.35. The van der Waals surface area contributed by atoms with Crippen molar-refractivity contribution in [3.05, 3.63) is 28.2 Å². The molecule has 1 aliphatic heterocycles. The van der Waals surface area contributed by atoms with Crippen molar-refractivity contribution in [3.63, 3.8) is 0 Å². The normalized spacial score (nSPS) is 21.4. The summed E-state index contributed by atoms with van der Waals surface area (Å²) in [5, 5.41) is 2.76. The van der Waals surface area contributed by atoms with Crippen LogP contribution in [-0.2, 0) is 10.3 Å². The van der Waals surface area contributed by atoms with E-state index < -0.39 is 0 Å². The van der Waals surface area contributed by atoms with Gasteiger partial charge in [0.25, 0.3) is 0 Å². The molecule has 0 atom stereocenters. The predicted octanol–water partition coefficient (Wildman–Crippen LogP) is 3.78. The van der Waals surface area contributed by atoms with Gasteiger partial charge in [-0.1, -0.05) is 15.9 Å². The van der Waals surface area contributed by atoms with Crippen LogP contribution in [0, 0.1) is 0 Å². The highest BCUT2D eigenvalue weighted by Gasteiger charge is 2.44. The molecular formula is C12H12BrNO2. The summed E-state index contributed by atoms with van der Waals surface area (Å²) in [6.45, 7) is 0. The molecule has 3 rings (SSSR count). The van der Waals surface area contributed by atoms with Gasteiger partial charge in [-0.3, -0.25) is 5.32 Å². The van der Waals surface area contributed by atoms with E-state index in [0.29, 0.717) is 0 Å². The van der Waals surface area contributed by atoms with Crippen LogP contribution in [-0.4, -0.2) is 6.09 Å². The average molecular weight is 282 g/mol. The first kappa shape index (κ1) is 10.1. The van der Waals surface area contributed by atoms with Crippen LogP contribution in [0.3, 0.4) is 0 Å². The molecule has 1 aliphatic carbocycles. The minimum Gasteiger partial charge on any atom is -0.438 e. The Morgan fingerprint density at radius 2 is 2.06 bits per heavy atom. The van der Waals surface area contributed by atoms with Crippen molar-refractivity contribution >= 4 is 27.7 Å². The zero-order chi connectivity index (χ0) is 11.2. The number of halogens is 1. The summed E-state index contributed by atoms with van der Waals surface area (Å²) in [7, 11) is 0. The van der Waals surface area contributed by atoms with Gasteiger partial charge in [-0.05, 0) is 43.9 Å². The third-order valence-electron chi connectivity index (χ3n) is 3.41. The highest BCUT2D eigenvalue weighted by Crippen LogP contribution is 2.47. The molecule has 3 nitrogen and oxygen atoms in total. The second-order valence-corrected chi connectivity index (χ2v) is 5.32. The van der Waals surface area contributed by atoms with E-state index in [1.165, 1.54) is 0 Å². The van der Waals surface area contributed by atoms with Gasteiger partial charge in [-0.15, -0.1) is 0 Å². The van der Waals surface area contributed by atoms with Gasteiger partial charge < -0.3 is 4.74 Å². The predicted molar refractivity (Wildman–Crippen MR) is 64.4 cm³/mol. The fourth-order valence-corrected chi connectivity index (χ4v) is 3.05. The molecule has 0 aromatic heterocycles. The van der Waals surface area contributed by atoms with E-state index in [1.807, 2.05) is 12.1 Å². The van der Waals surface area contributed by atoms with Gasteiger partial charge in [0.05, 0.1) is 5.69 Å². The topological polar surface area (TPSA) is 38.3 Å². The van der Waals surface area contributed by atoms with Crippen molar-refractivity contribution in [2.75, 3.05) is 5.32 Å². The lowest BCUT2D eigenvalue weighted by atomic mass is 9.89. The molecular weight excluding hydrogens is 270 g/mol. The zero-order valence-corrected chi connectivity index (χ0v) is 10.3. The first-order chi connectivity index (χ1) is 7.70. The number of fused-ring (bicyclic) bond motifs is 2. The van der Waals surface area contributed by atoms with E-state index in [9.17, 15) is 4.79 Å². The molecule has 1 aromatic carbocycles. The zero-order valence-electron chi connectivity index (χ0n) is 8.75. The number of rotatable bonds is 0. The average Bonchev–Trinajstić information content (AvgIpc) is 2.69. The number of amides is 1. The maximum atomic E-state index is 11.5. The molecule has 1 saturated carbocycles. The van der Waals surface area contributed by atoms with Crippen LogP contribution in [0.15, 0.2) is 22.7 Å². The maximum Gasteiger partial charge on any atom is 0.412 e. The molecule has 2 aliphatic rings. The summed E-state index contributed by atoms with van der Waals surface area (Å²) < 4.78 is 6.57. The van der Waals surface area contributed by atoms with Gasteiger partial charge in [-0.25, -0.2) is 4.79 Å². The van der Waals surface area contributed by atoms with Crippen LogP contribution in [0.1, 0.15) is 31.2 Å². The van der Waals surface area contributed by atoms with Crippen molar-refractivity contribution < 1.29 is 9.53 Å². The van der Waals surface area contributed by atoms with Gasteiger partial charge in [0, 0.05) is 10.0 Å². The Labute approximate surface area is 102 Å². The fourth-order valence-electron chi connectivity index (χ4n) is 2.69. The Morgan fingerprint density at radius 3 is 2.81 bits per heavy atom. The minimum atomic E-state index is -0.374. The van der Waals surface area contributed by atoms with Gasteiger partial charge in [0.2, 0.25) is 0 Å². The molecule has 1 spiro atoms. The Bertz CT molecular complexity index is 452. The number of nitrogens with one attached hydrogen (secondary N) is 1. The molecule has 84 valence electrons. The van der Waals surface area contributed by atoms with Gasteiger partial charge in [0.1, 0.15) is 5.60 Å². The van der Waals surface area contributed by atoms with E-state index >= 15 is 0 Å². The smallest absolute Gasteiger partial charge is 0.412 e. The van der Waals surface area contributed by atoms with Crippen molar-refractivity contribution in [1.82, 2.24) is 0 Å². The molecule has 1 aromatic rings. The SMILES string of the molecule is O=C1Nc2ccc(Br)cc2C2(CCCC2)O1. The van der Waals surface area contributed by atoms with Crippen LogP contribution in [0.25, 0.3) is 0 Å². The van der Waals surface area contributed by atoms with E-state index in [0.717, 1.165) is 41.4 Å². The van der Waals surface area contributed by atoms with Crippen LogP contribution in [0.5, 0.6) is 0 Å². The van der Waals surface area contributed by atoms with Gasteiger partial charge >= 0.3 is 6.09 Å². The maximum absolute atomic E-state index is 11.5. The number of carbonyl (C=O) groups is 1. The van der Waals surface area contributed by atoms with E-state index in [1.54, 1.807) is 0 Å². The van der Waals surface area contributed by atoms with Crippen LogP contribution in [0.2, 0.25) is 0 Å². The fraction of sp³-hybridized carbons (Fsp3) is 0.417. The molecule has 1 heterocycles. The van der Waals surface area contributed by atoms with E-state index in [4.69, 9.17) is 4.74 Å². The largest absolute Gasteiger partial charge is 0.438 e. The Kier molecular flexibility index (Phi) is 2.21. The van der Waals surface area contributed by atoms with Crippen LogP contribution in [0.4, 0.5) is 10.5 Å². The summed E-state index contributed by atoms with van der Waals surface area (Å²) in [4.78, 5) is 11.5. The summed E-state index contributed by atoms with van der Waals surface area (Å²) in [6.07, 6.45) is 3.79. The van der Waals surface area contributed by atoms with Gasteiger partial charge in [0.15, 0.2) is 0 Å². The molecule has 0 unspecified atom stereocenters. The number of hydrogen-bond donors (Lipinski definition) is 1. The number of hydrogen-bond acceptors (Lipinski definition) is 2. The monoisotopic (exact) mass is 281 g/mol. The summed E-state index contributed by atoms with van der Waals surface area (Å²) in [6, 6.07) is 5.92. The van der Waals surface area contributed by atoms with Crippen LogP contribution >= 0.6 is 15.9 Å². The number of benzene rings is 1. The van der Waals surface area contributed by atoms with E-state index in [-0.39, 0.29) is 11.7 Å². The first-order valence-corrected chi connectivity index (χ1v) is 6.29. The molecule has 1 fully saturated rings. The van der Waals surface area contributed by atoms with Crippen molar-refractivity contribution in [1.29, 1.82) is 0 Å². The lowest BCUT2D eigenvalue weighted by Crippen LogP contribution is -2.37. The summed E-state index contributed by atoms with van der Waals surface area (Å²) in [5.74, 6) is 0. The molecule has 16 heavy (non-hydrogen) atoms. The van der Waals surface area contributed by atoms with Gasteiger partial charge in [-0.2, -0.15) is 0 Å². The highest BCUT2D eigenvalue weighted by molar-refractivity contribution is 9.10. The van der Waals surface area contributed by atoms with Crippen molar-refractivity contribution in [2.24, 2.45) is 0 Å². The molecule has 0 saturated heterocycles. The molecule has 1 amide bonds. The second-order valence-electron chi connectivity index (χ2n) is 4.41. The van der Waals surface area contributed by atoms with E-state index in [2.05, 4.69) is 27.3 Å². The summed E-state index contributed by atoms with van der Waals surface area (Å²) in [5.41, 5.74) is 1.63. The van der Waals surface area contributed by atoms with Crippen molar-refractivity contribution in [3.8, 4) is 0 Å². The standard InChI is InChI=1S/C12H12BrNO2/c13-8-3-4-10-9(7-8)12(5-1-2-6-12)16-11(15)14-10/h3-4,7H,1-2,5-6H2,(H,14,15).